The summed E-state index contributed by atoms with van der Waals surface area (Å²) in [7, 11) is 3.32. The minimum atomic E-state index is 0.766. The third kappa shape index (κ3) is 2.06. The van der Waals surface area contributed by atoms with Crippen molar-refractivity contribution in [3.05, 3.63) is 47.1 Å². The average Bonchev–Trinajstić information content (AvgIpc) is 2.82. The normalized spacial score (nSPS) is 10.8. The van der Waals surface area contributed by atoms with Crippen LogP contribution in [0.5, 0.6) is 11.5 Å². The molecule has 0 atom stereocenters. The van der Waals surface area contributed by atoms with Gasteiger partial charge in [0.25, 0.3) is 0 Å². The van der Waals surface area contributed by atoms with E-state index < -0.39 is 0 Å². The summed E-state index contributed by atoms with van der Waals surface area (Å²) < 4.78 is 11.8. The molecule has 0 unspecified atom stereocenters. The summed E-state index contributed by atoms with van der Waals surface area (Å²) in [5, 5.41) is 1.05. The van der Waals surface area contributed by atoms with Crippen molar-refractivity contribution in [1.82, 2.24) is 4.98 Å². The van der Waals surface area contributed by atoms with E-state index in [0.717, 1.165) is 38.1 Å². The summed E-state index contributed by atoms with van der Waals surface area (Å²) in [6, 6.07) is 14.1. The lowest BCUT2D eigenvalue weighted by molar-refractivity contribution is 0.398. The third-order valence-electron chi connectivity index (χ3n) is 3.31. The Morgan fingerprint density at radius 3 is 2.40 bits per heavy atom. The first kappa shape index (κ1) is 13.1. The van der Waals surface area contributed by atoms with E-state index in [0.29, 0.717) is 0 Å². The Balaban J connectivity index is 2.35. The highest BCUT2D eigenvalue weighted by Gasteiger charge is 2.16. The van der Waals surface area contributed by atoms with Crippen molar-refractivity contribution < 1.29 is 9.47 Å². The first-order chi connectivity index (χ1) is 9.74. The molecular formula is C16H14BrNO2. The van der Waals surface area contributed by atoms with Crippen molar-refractivity contribution in [1.29, 1.82) is 0 Å². The smallest absolute Gasteiger partial charge is 0.132 e. The molecule has 0 spiro atoms. The molecule has 20 heavy (non-hydrogen) atoms. The van der Waals surface area contributed by atoms with E-state index in [1.54, 1.807) is 14.2 Å². The van der Waals surface area contributed by atoms with Crippen molar-refractivity contribution in [2.45, 2.75) is 0 Å². The number of benzene rings is 2. The average molecular weight is 332 g/mol. The zero-order valence-electron chi connectivity index (χ0n) is 11.2. The van der Waals surface area contributed by atoms with E-state index >= 15 is 0 Å². The van der Waals surface area contributed by atoms with Gasteiger partial charge in [-0.05, 0) is 21.5 Å². The fraction of sp³-hybridized carbons (Fsp3) is 0.125. The molecule has 0 radical (unpaired) electrons. The number of ether oxygens (including phenoxy) is 2. The van der Waals surface area contributed by atoms with Gasteiger partial charge in [-0.25, -0.2) is 0 Å². The molecule has 0 saturated heterocycles. The zero-order valence-corrected chi connectivity index (χ0v) is 12.8. The highest BCUT2D eigenvalue weighted by Crippen LogP contribution is 2.42. The molecule has 3 nitrogen and oxygen atoms in total. The second-order valence-corrected chi connectivity index (χ2v) is 5.23. The Bertz CT molecular complexity index is 750. The van der Waals surface area contributed by atoms with Crippen molar-refractivity contribution in [3.8, 4) is 22.6 Å². The topological polar surface area (TPSA) is 34.2 Å². The largest absolute Gasteiger partial charge is 0.497 e. The molecule has 1 heterocycles. The van der Waals surface area contributed by atoms with Gasteiger partial charge in [0.05, 0.1) is 29.7 Å². The van der Waals surface area contributed by atoms with E-state index in [1.807, 2.05) is 30.3 Å². The molecule has 3 aromatic rings. The standard InChI is InChI=1S/C16H14BrNO2/c1-19-11-8-12-15(13(9-11)20-2)14(16(17)18-12)10-6-4-3-5-7-10/h3-9,18H,1-2H3. The maximum Gasteiger partial charge on any atom is 0.132 e. The van der Waals surface area contributed by atoms with Gasteiger partial charge in [-0.15, -0.1) is 0 Å². The lowest BCUT2D eigenvalue weighted by Gasteiger charge is -2.08. The summed E-state index contributed by atoms with van der Waals surface area (Å²) in [5.74, 6) is 1.56. The van der Waals surface area contributed by atoms with Crippen molar-refractivity contribution in [2.75, 3.05) is 14.2 Å². The maximum atomic E-state index is 5.52. The van der Waals surface area contributed by atoms with Gasteiger partial charge in [-0.2, -0.15) is 0 Å². The molecule has 0 aliphatic rings. The van der Waals surface area contributed by atoms with Crippen LogP contribution in [0.4, 0.5) is 0 Å². The van der Waals surface area contributed by atoms with E-state index in [-0.39, 0.29) is 0 Å². The van der Waals surface area contributed by atoms with Crippen LogP contribution in [0, 0.1) is 0 Å². The lowest BCUT2D eigenvalue weighted by atomic mass is 10.0. The molecule has 3 rings (SSSR count). The Labute approximate surface area is 125 Å². The van der Waals surface area contributed by atoms with Crippen LogP contribution >= 0.6 is 15.9 Å². The predicted molar refractivity (Wildman–Crippen MR) is 84.5 cm³/mol. The van der Waals surface area contributed by atoms with E-state index in [9.17, 15) is 0 Å². The number of hydrogen-bond donors (Lipinski definition) is 1. The zero-order chi connectivity index (χ0) is 14.1. The van der Waals surface area contributed by atoms with E-state index in [2.05, 4.69) is 33.0 Å². The second kappa shape index (κ2) is 5.21. The molecular weight excluding hydrogens is 318 g/mol. The highest BCUT2D eigenvalue weighted by molar-refractivity contribution is 9.10. The number of halogens is 1. The Kier molecular flexibility index (Phi) is 3.40. The minimum Gasteiger partial charge on any atom is -0.497 e. The molecule has 0 fully saturated rings. The van der Waals surface area contributed by atoms with Crippen molar-refractivity contribution >= 4 is 26.8 Å². The van der Waals surface area contributed by atoms with Gasteiger partial charge in [0.15, 0.2) is 0 Å². The first-order valence-corrected chi connectivity index (χ1v) is 7.02. The van der Waals surface area contributed by atoms with Crippen LogP contribution in [-0.4, -0.2) is 19.2 Å². The maximum absolute atomic E-state index is 5.52. The molecule has 0 bridgehead atoms. The summed E-state index contributed by atoms with van der Waals surface area (Å²) in [6.45, 7) is 0. The van der Waals surface area contributed by atoms with E-state index in [1.165, 1.54) is 0 Å². The van der Waals surface area contributed by atoms with Gasteiger partial charge in [0.1, 0.15) is 11.5 Å². The summed E-state index contributed by atoms with van der Waals surface area (Å²) in [6.07, 6.45) is 0. The van der Waals surface area contributed by atoms with Crippen LogP contribution in [0.15, 0.2) is 47.1 Å². The van der Waals surface area contributed by atoms with Crippen LogP contribution in [0.2, 0.25) is 0 Å². The number of hydrogen-bond acceptors (Lipinski definition) is 2. The third-order valence-corrected chi connectivity index (χ3v) is 3.90. The van der Waals surface area contributed by atoms with Gasteiger partial charge < -0.3 is 14.5 Å². The van der Waals surface area contributed by atoms with Crippen LogP contribution < -0.4 is 9.47 Å². The van der Waals surface area contributed by atoms with Crippen LogP contribution in [0.3, 0.4) is 0 Å². The molecule has 0 aliphatic heterocycles. The van der Waals surface area contributed by atoms with Crippen LogP contribution in [0.1, 0.15) is 0 Å². The number of methoxy groups -OCH3 is 2. The molecule has 1 aromatic heterocycles. The van der Waals surface area contributed by atoms with Gasteiger partial charge >= 0.3 is 0 Å². The molecule has 102 valence electrons. The summed E-state index contributed by atoms with van der Waals surface area (Å²) >= 11 is 3.60. The number of rotatable bonds is 3. The van der Waals surface area contributed by atoms with Gasteiger partial charge in [0.2, 0.25) is 0 Å². The minimum absolute atomic E-state index is 0.766. The molecule has 0 amide bonds. The number of H-pyrrole nitrogens is 1. The predicted octanol–water partition coefficient (Wildman–Crippen LogP) is 4.61. The van der Waals surface area contributed by atoms with Crippen molar-refractivity contribution in [3.63, 3.8) is 0 Å². The molecule has 0 aliphatic carbocycles. The van der Waals surface area contributed by atoms with Gasteiger partial charge in [-0.1, -0.05) is 30.3 Å². The fourth-order valence-corrected chi connectivity index (χ4v) is 3.03. The summed E-state index contributed by atoms with van der Waals surface area (Å²) in [4.78, 5) is 3.33. The molecule has 4 heteroatoms. The Morgan fingerprint density at radius 2 is 1.75 bits per heavy atom. The number of aromatic nitrogens is 1. The van der Waals surface area contributed by atoms with Crippen LogP contribution in [0.25, 0.3) is 22.0 Å². The Morgan fingerprint density at radius 1 is 1.00 bits per heavy atom. The van der Waals surface area contributed by atoms with E-state index in [4.69, 9.17) is 9.47 Å². The van der Waals surface area contributed by atoms with Gasteiger partial charge in [0, 0.05) is 17.7 Å². The van der Waals surface area contributed by atoms with Gasteiger partial charge in [-0.3, -0.25) is 0 Å². The number of nitrogens with one attached hydrogen (secondary N) is 1. The lowest BCUT2D eigenvalue weighted by Crippen LogP contribution is -1.88. The quantitative estimate of drug-likeness (QED) is 0.760. The number of aromatic amines is 1. The SMILES string of the molecule is COc1cc(OC)c2c(-c3ccccc3)c(Br)[nH]c2c1. The molecule has 2 aromatic carbocycles. The van der Waals surface area contributed by atoms with Crippen LogP contribution in [-0.2, 0) is 0 Å². The second-order valence-electron chi connectivity index (χ2n) is 4.43. The van der Waals surface area contributed by atoms with Crippen molar-refractivity contribution in [2.24, 2.45) is 0 Å². The Hall–Kier alpha value is -1.94. The first-order valence-electron chi connectivity index (χ1n) is 6.23. The number of fused-ring (bicyclic) bond motifs is 1. The monoisotopic (exact) mass is 331 g/mol. The fourth-order valence-electron chi connectivity index (χ4n) is 2.39. The molecule has 0 saturated carbocycles. The summed E-state index contributed by atoms with van der Waals surface area (Å²) in [5.41, 5.74) is 3.21. The highest BCUT2D eigenvalue weighted by atomic mass is 79.9. The molecule has 1 N–H and O–H groups in total.